The number of fused-ring (bicyclic) bond motifs is 1. The van der Waals surface area contributed by atoms with Crippen LogP contribution in [0.1, 0.15) is 45.2 Å². The number of aliphatic hydroxyl groups is 1. The molecule has 0 bridgehead atoms. The summed E-state index contributed by atoms with van der Waals surface area (Å²) in [5.41, 5.74) is 2.53. The Morgan fingerprint density at radius 3 is 2.52 bits per heavy atom. The fourth-order valence-corrected chi connectivity index (χ4v) is 2.73. The van der Waals surface area contributed by atoms with E-state index in [-0.39, 0.29) is 17.8 Å². The number of aromatic nitrogens is 2. The van der Waals surface area contributed by atoms with Gasteiger partial charge in [-0.15, -0.1) is 0 Å². The highest BCUT2D eigenvalue weighted by Gasteiger charge is 2.16. The van der Waals surface area contributed by atoms with Crippen LogP contribution in [0.3, 0.4) is 0 Å². The van der Waals surface area contributed by atoms with Crippen LogP contribution < -0.4 is 11.0 Å². The number of hydrogen-bond acceptors (Lipinski definition) is 3. The Morgan fingerprint density at radius 1 is 1.19 bits per heavy atom. The molecule has 0 spiro atoms. The highest BCUT2D eigenvalue weighted by molar-refractivity contribution is 5.75. The summed E-state index contributed by atoms with van der Waals surface area (Å²) in [7, 11) is 0. The third kappa shape index (κ3) is 3.74. The average molecular weight is 291 g/mol. The first-order valence-electron chi connectivity index (χ1n) is 7.68. The number of hydrogen-bond donors (Lipinski definition) is 4. The van der Waals surface area contributed by atoms with Gasteiger partial charge in [-0.2, -0.15) is 0 Å². The number of benzene rings is 1. The SMILES string of the molecule is CCC(CC)C(O)CNC(C)c1ccc2[nH]c(=O)[nH]c2c1. The van der Waals surface area contributed by atoms with Gasteiger partial charge in [0, 0.05) is 12.6 Å². The minimum Gasteiger partial charge on any atom is -0.392 e. The number of aromatic amines is 2. The highest BCUT2D eigenvalue weighted by Crippen LogP contribution is 2.18. The van der Waals surface area contributed by atoms with E-state index in [4.69, 9.17) is 0 Å². The Bertz CT molecular complexity index is 628. The molecule has 0 saturated heterocycles. The second-order valence-corrected chi connectivity index (χ2v) is 5.66. The molecule has 0 saturated carbocycles. The molecule has 21 heavy (non-hydrogen) atoms. The van der Waals surface area contributed by atoms with Crippen molar-refractivity contribution in [3.05, 3.63) is 34.2 Å². The summed E-state index contributed by atoms with van der Waals surface area (Å²) >= 11 is 0. The molecule has 2 unspecified atom stereocenters. The van der Waals surface area contributed by atoms with Crippen molar-refractivity contribution in [3.8, 4) is 0 Å². The van der Waals surface area contributed by atoms with E-state index in [9.17, 15) is 9.90 Å². The summed E-state index contributed by atoms with van der Waals surface area (Å²) in [6.07, 6.45) is 1.66. The van der Waals surface area contributed by atoms with Gasteiger partial charge in [-0.1, -0.05) is 32.8 Å². The van der Waals surface area contributed by atoms with E-state index in [1.165, 1.54) is 0 Å². The summed E-state index contributed by atoms with van der Waals surface area (Å²) in [6, 6.07) is 5.98. The number of aliphatic hydroxyl groups excluding tert-OH is 1. The lowest BCUT2D eigenvalue weighted by molar-refractivity contribution is 0.0989. The molecule has 0 radical (unpaired) electrons. The zero-order valence-corrected chi connectivity index (χ0v) is 12.9. The lowest BCUT2D eigenvalue weighted by Crippen LogP contribution is -2.33. The maximum atomic E-state index is 11.3. The highest BCUT2D eigenvalue weighted by atomic mass is 16.3. The van der Waals surface area contributed by atoms with Crippen molar-refractivity contribution in [1.82, 2.24) is 15.3 Å². The standard InChI is InChI=1S/C16H25N3O2/c1-4-11(5-2)15(20)9-17-10(3)12-6-7-13-14(8-12)19-16(21)18-13/h6-8,10-11,15,17,20H,4-5,9H2,1-3H3,(H2,18,19,21). The fraction of sp³-hybridized carbons (Fsp3) is 0.562. The van der Waals surface area contributed by atoms with Gasteiger partial charge in [-0.3, -0.25) is 0 Å². The predicted molar refractivity (Wildman–Crippen MR) is 85.4 cm³/mol. The predicted octanol–water partition coefficient (Wildman–Crippen LogP) is 2.30. The topological polar surface area (TPSA) is 80.9 Å². The van der Waals surface area contributed by atoms with E-state index >= 15 is 0 Å². The first kappa shape index (κ1) is 15.8. The van der Waals surface area contributed by atoms with Crippen LogP contribution in [-0.2, 0) is 0 Å². The van der Waals surface area contributed by atoms with Crippen molar-refractivity contribution in [1.29, 1.82) is 0 Å². The molecule has 5 nitrogen and oxygen atoms in total. The van der Waals surface area contributed by atoms with Gasteiger partial charge >= 0.3 is 5.69 Å². The van der Waals surface area contributed by atoms with Crippen molar-refractivity contribution in [2.24, 2.45) is 5.92 Å². The fourth-order valence-electron chi connectivity index (χ4n) is 2.73. The molecule has 2 atom stereocenters. The van der Waals surface area contributed by atoms with Gasteiger partial charge in [0.2, 0.25) is 0 Å². The van der Waals surface area contributed by atoms with Gasteiger partial charge in [-0.05, 0) is 30.5 Å². The summed E-state index contributed by atoms with van der Waals surface area (Å²) in [5.74, 6) is 0.341. The Morgan fingerprint density at radius 2 is 1.86 bits per heavy atom. The van der Waals surface area contributed by atoms with Crippen LogP contribution in [0, 0.1) is 5.92 Å². The van der Waals surface area contributed by atoms with Crippen LogP contribution >= 0.6 is 0 Å². The van der Waals surface area contributed by atoms with E-state index in [1.807, 2.05) is 18.2 Å². The number of rotatable bonds is 7. The van der Waals surface area contributed by atoms with Crippen molar-refractivity contribution in [2.45, 2.75) is 45.8 Å². The summed E-state index contributed by atoms with van der Waals surface area (Å²) in [4.78, 5) is 16.8. The molecule has 0 aliphatic carbocycles. The zero-order chi connectivity index (χ0) is 15.4. The van der Waals surface area contributed by atoms with Crippen LogP contribution in [0.5, 0.6) is 0 Å². The molecular weight excluding hydrogens is 266 g/mol. The van der Waals surface area contributed by atoms with Gasteiger partial charge in [0.15, 0.2) is 0 Å². The van der Waals surface area contributed by atoms with Gasteiger partial charge < -0.3 is 20.4 Å². The molecule has 4 N–H and O–H groups in total. The van der Waals surface area contributed by atoms with E-state index in [1.54, 1.807) is 0 Å². The van der Waals surface area contributed by atoms with Crippen molar-refractivity contribution >= 4 is 11.0 Å². The lowest BCUT2D eigenvalue weighted by atomic mass is 9.96. The molecule has 0 aliphatic heterocycles. The Labute approximate surface area is 124 Å². The largest absolute Gasteiger partial charge is 0.392 e. The zero-order valence-electron chi connectivity index (χ0n) is 12.9. The summed E-state index contributed by atoms with van der Waals surface area (Å²) in [5, 5.41) is 13.5. The minimum absolute atomic E-state index is 0.122. The quantitative estimate of drug-likeness (QED) is 0.632. The van der Waals surface area contributed by atoms with E-state index in [0.29, 0.717) is 12.5 Å². The van der Waals surface area contributed by atoms with Gasteiger partial charge in [0.05, 0.1) is 17.1 Å². The molecule has 5 heteroatoms. The molecule has 1 heterocycles. The van der Waals surface area contributed by atoms with E-state index < -0.39 is 0 Å². The second kappa shape index (κ2) is 6.91. The van der Waals surface area contributed by atoms with Crippen molar-refractivity contribution in [3.63, 3.8) is 0 Å². The minimum atomic E-state index is -0.321. The second-order valence-electron chi connectivity index (χ2n) is 5.66. The van der Waals surface area contributed by atoms with Crippen LogP contribution in [0.25, 0.3) is 11.0 Å². The monoisotopic (exact) mass is 291 g/mol. The normalized spacial score (nSPS) is 14.7. The molecule has 0 aliphatic rings. The molecule has 116 valence electrons. The Hall–Kier alpha value is -1.59. The molecule has 2 rings (SSSR count). The molecule has 1 aromatic carbocycles. The maximum absolute atomic E-state index is 11.3. The van der Waals surface area contributed by atoms with Crippen molar-refractivity contribution < 1.29 is 5.11 Å². The number of H-pyrrole nitrogens is 2. The van der Waals surface area contributed by atoms with Gasteiger partial charge in [-0.25, -0.2) is 4.79 Å². The van der Waals surface area contributed by atoms with Gasteiger partial charge in [0.25, 0.3) is 0 Å². The molecule has 0 fully saturated rings. The van der Waals surface area contributed by atoms with Crippen LogP contribution in [0.15, 0.2) is 23.0 Å². The first-order valence-corrected chi connectivity index (χ1v) is 7.68. The van der Waals surface area contributed by atoms with Crippen molar-refractivity contribution in [2.75, 3.05) is 6.54 Å². The molecule has 0 amide bonds. The molecular formula is C16H25N3O2. The third-order valence-corrected chi connectivity index (χ3v) is 4.27. The molecule has 2 aromatic rings. The van der Waals surface area contributed by atoms with Gasteiger partial charge in [0.1, 0.15) is 0 Å². The first-order chi connectivity index (χ1) is 10.0. The molecule has 1 aromatic heterocycles. The van der Waals surface area contributed by atoms with Crippen LogP contribution in [0.2, 0.25) is 0 Å². The van der Waals surface area contributed by atoms with Crippen LogP contribution in [0.4, 0.5) is 0 Å². The maximum Gasteiger partial charge on any atom is 0.323 e. The number of nitrogens with one attached hydrogen (secondary N) is 3. The summed E-state index contributed by atoms with van der Waals surface area (Å²) < 4.78 is 0. The average Bonchev–Trinajstić information content (AvgIpc) is 2.85. The summed E-state index contributed by atoms with van der Waals surface area (Å²) in [6.45, 7) is 6.86. The third-order valence-electron chi connectivity index (χ3n) is 4.27. The number of imidazole rings is 1. The Balaban J connectivity index is 2.01. The van der Waals surface area contributed by atoms with Crippen LogP contribution in [-0.4, -0.2) is 27.7 Å². The Kier molecular flexibility index (Phi) is 5.20. The lowest BCUT2D eigenvalue weighted by Gasteiger charge is -2.23. The van der Waals surface area contributed by atoms with E-state index in [0.717, 1.165) is 29.4 Å². The smallest absolute Gasteiger partial charge is 0.323 e. The van der Waals surface area contributed by atoms with E-state index in [2.05, 4.69) is 36.1 Å².